The zero-order valence-corrected chi connectivity index (χ0v) is 9.15. The van der Waals surface area contributed by atoms with E-state index in [-0.39, 0.29) is 0 Å². The van der Waals surface area contributed by atoms with Gasteiger partial charge in [0.25, 0.3) is 0 Å². The zero-order valence-electron chi connectivity index (χ0n) is 9.15. The summed E-state index contributed by atoms with van der Waals surface area (Å²) in [6.45, 7) is 4.02. The number of benzene rings is 1. The van der Waals surface area contributed by atoms with Crippen LogP contribution in [0.5, 0.6) is 0 Å². The minimum Gasteiger partial charge on any atom is -0.385 e. The molecule has 1 aliphatic rings. The number of rotatable bonds is 2. The van der Waals surface area contributed by atoms with Gasteiger partial charge < -0.3 is 5.11 Å². The summed E-state index contributed by atoms with van der Waals surface area (Å²) < 4.78 is 0. The first-order valence-electron chi connectivity index (χ1n) is 5.84. The summed E-state index contributed by atoms with van der Waals surface area (Å²) in [5.74, 6) is 0.327. The smallest absolute Gasteiger partial charge is 0.0925 e. The van der Waals surface area contributed by atoms with Gasteiger partial charge in [-0.15, -0.1) is 0 Å². The van der Waals surface area contributed by atoms with Gasteiger partial charge in [0, 0.05) is 0 Å². The molecule has 81 valence electrons. The molecule has 0 saturated heterocycles. The largest absolute Gasteiger partial charge is 0.385 e. The minimum atomic E-state index is -0.887. The number of hydrogen-bond acceptors (Lipinski definition) is 1. The maximum atomic E-state index is 10.5. The summed E-state index contributed by atoms with van der Waals surface area (Å²) in [7, 11) is 0. The molecule has 1 N–H and O–H groups in total. The molecule has 0 heterocycles. The van der Waals surface area contributed by atoms with E-state index >= 15 is 0 Å². The summed E-state index contributed by atoms with van der Waals surface area (Å²) in [4.78, 5) is 0. The van der Waals surface area contributed by atoms with Crippen LogP contribution >= 0.6 is 0 Å². The van der Waals surface area contributed by atoms with E-state index in [0.29, 0.717) is 5.92 Å². The second-order valence-electron chi connectivity index (χ2n) is 4.63. The normalized spacial score (nSPS) is 22.3. The van der Waals surface area contributed by atoms with Crippen LogP contribution in [0.1, 0.15) is 37.7 Å². The molecule has 1 heteroatoms. The predicted octanol–water partition coefficient (Wildman–Crippen LogP) is 3.29. The quantitative estimate of drug-likeness (QED) is 0.782. The first kappa shape index (κ1) is 10.7. The Bertz CT molecular complexity index is 296. The SMILES string of the molecule is [CH2]C(O)(c1ccccc1)C1CCCCC1. The van der Waals surface area contributed by atoms with Crippen molar-refractivity contribution in [1.82, 2.24) is 0 Å². The fourth-order valence-electron chi connectivity index (χ4n) is 2.54. The Morgan fingerprint density at radius 1 is 1.07 bits per heavy atom. The Balaban J connectivity index is 2.18. The Labute approximate surface area is 92.1 Å². The summed E-state index contributed by atoms with van der Waals surface area (Å²) >= 11 is 0. The lowest BCUT2D eigenvalue weighted by molar-refractivity contribution is 0.00375. The third-order valence-corrected chi connectivity index (χ3v) is 3.55. The van der Waals surface area contributed by atoms with Gasteiger partial charge in [-0.2, -0.15) is 0 Å². The van der Waals surface area contributed by atoms with E-state index in [1.807, 2.05) is 30.3 Å². The van der Waals surface area contributed by atoms with Gasteiger partial charge >= 0.3 is 0 Å². The lowest BCUT2D eigenvalue weighted by Crippen LogP contribution is -2.33. The van der Waals surface area contributed by atoms with Crippen LogP contribution in [-0.2, 0) is 5.60 Å². The third-order valence-electron chi connectivity index (χ3n) is 3.55. The Kier molecular flexibility index (Phi) is 3.11. The molecule has 0 aliphatic heterocycles. The van der Waals surface area contributed by atoms with Crippen LogP contribution < -0.4 is 0 Å². The van der Waals surface area contributed by atoms with E-state index in [1.165, 1.54) is 19.3 Å². The van der Waals surface area contributed by atoms with Gasteiger partial charge in [0.05, 0.1) is 5.60 Å². The Morgan fingerprint density at radius 3 is 2.27 bits per heavy atom. The minimum absolute atomic E-state index is 0.327. The maximum Gasteiger partial charge on any atom is 0.0925 e. The van der Waals surface area contributed by atoms with Crippen LogP contribution in [0, 0.1) is 12.8 Å². The lowest BCUT2D eigenvalue weighted by Gasteiger charge is -2.35. The van der Waals surface area contributed by atoms with Gasteiger partial charge in [-0.3, -0.25) is 0 Å². The maximum absolute atomic E-state index is 10.5. The van der Waals surface area contributed by atoms with Crippen molar-refractivity contribution in [2.24, 2.45) is 5.92 Å². The molecule has 1 aliphatic carbocycles. The van der Waals surface area contributed by atoms with Gasteiger partial charge in [0.15, 0.2) is 0 Å². The molecule has 0 aromatic heterocycles. The van der Waals surface area contributed by atoms with E-state index in [1.54, 1.807) is 0 Å². The van der Waals surface area contributed by atoms with Gasteiger partial charge in [-0.1, -0.05) is 49.6 Å². The first-order valence-corrected chi connectivity index (χ1v) is 5.84. The molecule has 1 aromatic carbocycles. The van der Waals surface area contributed by atoms with Crippen molar-refractivity contribution >= 4 is 0 Å². The van der Waals surface area contributed by atoms with Crippen molar-refractivity contribution in [3.8, 4) is 0 Å². The molecule has 0 amide bonds. The van der Waals surface area contributed by atoms with Gasteiger partial charge in [-0.25, -0.2) is 0 Å². The average Bonchev–Trinajstić information content (AvgIpc) is 2.31. The number of aliphatic hydroxyl groups is 1. The van der Waals surface area contributed by atoms with Crippen LogP contribution in [0.4, 0.5) is 0 Å². The highest BCUT2D eigenvalue weighted by atomic mass is 16.3. The monoisotopic (exact) mass is 203 g/mol. The van der Waals surface area contributed by atoms with E-state index in [2.05, 4.69) is 6.92 Å². The van der Waals surface area contributed by atoms with E-state index < -0.39 is 5.60 Å². The standard InChI is InChI=1S/C14H19O/c1-14(15,12-8-4-2-5-9-12)13-10-6-3-7-11-13/h2,4-5,8-9,13,15H,1,3,6-7,10-11H2. The molecule has 1 saturated carbocycles. The fourth-order valence-corrected chi connectivity index (χ4v) is 2.54. The lowest BCUT2D eigenvalue weighted by atomic mass is 9.74. The molecule has 1 aromatic rings. The second kappa shape index (κ2) is 4.36. The molecule has 0 spiro atoms. The number of hydrogen-bond donors (Lipinski definition) is 1. The van der Waals surface area contributed by atoms with Crippen molar-refractivity contribution in [2.45, 2.75) is 37.7 Å². The van der Waals surface area contributed by atoms with Crippen molar-refractivity contribution in [3.63, 3.8) is 0 Å². The fraction of sp³-hybridized carbons (Fsp3) is 0.500. The average molecular weight is 203 g/mol. The van der Waals surface area contributed by atoms with Crippen molar-refractivity contribution in [2.75, 3.05) is 0 Å². The first-order chi connectivity index (χ1) is 7.21. The highest BCUT2D eigenvalue weighted by Crippen LogP contribution is 2.38. The van der Waals surface area contributed by atoms with Crippen molar-refractivity contribution in [3.05, 3.63) is 42.8 Å². The Morgan fingerprint density at radius 2 is 1.67 bits per heavy atom. The van der Waals surface area contributed by atoms with E-state index in [0.717, 1.165) is 18.4 Å². The van der Waals surface area contributed by atoms with Crippen LogP contribution in [0.3, 0.4) is 0 Å². The highest BCUT2D eigenvalue weighted by Gasteiger charge is 2.34. The molecule has 0 bridgehead atoms. The van der Waals surface area contributed by atoms with Gasteiger partial charge in [-0.05, 0) is 31.2 Å². The molecule has 1 radical (unpaired) electrons. The Hall–Kier alpha value is -0.820. The molecular formula is C14H19O. The summed E-state index contributed by atoms with van der Waals surface area (Å²) in [5, 5.41) is 10.5. The zero-order chi connectivity index (χ0) is 10.7. The summed E-state index contributed by atoms with van der Waals surface area (Å²) in [6.07, 6.45) is 5.98. The van der Waals surface area contributed by atoms with Gasteiger partial charge in [0.2, 0.25) is 0 Å². The third kappa shape index (κ3) is 2.23. The van der Waals surface area contributed by atoms with Crippen LogP contribution in [0.25, 0.3) is 0 Å². The molecule has 2 rings (SSSR count). The molecular weight excluding hydrogens is 184 g/mol. The van der Waals surface area contributed by atoms with E-state index in [9.17, 15) is 5.11 Å². The molecule has 1 unspecified atom stereocenters. The second-order valence-corrected chi connectivity index (χ2v) is 4.63. The highest BCUT2D eigenvalue weighted by molar-refractivity contribution is 5.24. The van der Waals surface area contributed by atoms with Crippen LogP contribution in [-0.4, -0.2) is 5.11 Å². The molecule has 15 heavy (non-hydrogen) atoms. The molecule has 1 fully saturated rings. The van der Waals surface area contributed by atoms with E-state index in [4.69, 9.17) is 0 Å². The van der Waals surface area contributed by atoms with Gasteiger partial charge in [0.1, 0.15) is 0 Å². The van der Waals surface area contributed by atoms with Crippen molar-refractivity contribution < 1.29 is 5.11 Å². The van der Waals surface area contributed by atoms with Crippen LogP contribution in [0.15, 0.2) is 30.3 Å². The summed E-state index contributed by atoms with van der Waals surface area (Å²) in [6, 6.07) is 9.85. The predicted molar refractivity (Wildman–Crippen MR) is 62.3 cm³/mol. The molecule has 1 nitrogen and oxygen atoms in total. The summed E-state index contributed by atoms with van der Waals surface area (Å²) in [5.41, 5.74) is 0.0682. The van der Waals surface area contributed by atoms with Crippen LogP contribution in [0.2, 0.25) is 0 Å². The van der Waals surface area contributed by atoms with Crippen molar-refractivity contribution in [1.29, 1.82) is 0 Å². The molecule has 1 atom stereocenters. The topological polar surface area (TPSA) is 20.2 Å².